The minimum absolute atomic E-state index is 0.129. The van der Waals surface area contributed by atoms with Gasteiger partial charge in [-0.05, 0) is 43.2 Å². The zero-order valence-electron chi connectivity index (χ0n) is 21.2. The van der Waals surface area contributed by atoms with E-state index in [9.17, 15) is 18.0 Å². The van der Waals surface area contributed by atoms with Crippen molar-refractivity contribution in [2.75, 3.05) is 17.6 Å². The summed E-state index contributed by atoms with van der Waals surface area (Å²) in [7, 11) is 0. The van der Waals surface area contributed by atoms with Crippen molar-refractivity contribution in [1.29, 1.82) is 5.26 Å². The molecule has 0 saturated carbocycles. The van der Waals surface area contributed by atoms with Gasteiger partial charge in [-0.1, -0.05) is 30.1 Å². The fourth-order valence-corrected chi connectivity index (χ4v) is 3.84. The molecule has 4 rings (SSSR count). The van der Waals surface area contributed by atoms with Crippen LogP contribution >= 0.6 is 23.2 Å². The first-order chi connectivity index (χ1) is 19.3. The monoisotopic (exact) mass is 608 g/mol. The van der Waals surface area contributed by atoms with Crippen LogP contribution in [0.4, 0.5) is 24.9 Å². The van der Waals surface area contributed by atoms with Gasteiger partial charge in [-0.15, -0.1) is 5.10 Å². The maximum absolute atomic E-state index is 12.2. The molecule has 0 fully saturated rings. The van der Waals surface area contributed by atoms with Gasteiger partial charge in [0, 0.05) is 35.3 Å². The lowest BCUT2D eigenvalue weighted by Gasteiger charge is -2.10. The highest BCUT2D eigenvalue weighted by Crippen LogP contribution is 2.30. The predicted octanol–water partition coefficient (Wildman–Crippen LogP) is 5.22. The Morgan fingerprint density at radius 3 is 2.44 bits per heavy atom. The number of hydrogen-bond acceptors (Lipinski definition) is 9. The van der Waals surface area contributed by atoms with Crippen molar-refractivity contribution >= 4 is 52.4 Å². The molecule has 214 valence electrons. The maximum Gasteiger partial charge on any atom is 0.490 e. The molecule has 41 heavy (non-hydrogen) atoms. The van der Waals surface area contributed by atoms with E-state index in [2.05, 4.69) is 25.4 Å². The smallest absolute Gasteiger partial charge is 0.475 e. The molecule has 0 atom stereocenters. The number of fused-ring (bicyclic) bond motifs is 1. The average molecular weight is 609 g/mol. The van der Waals surface area contributed by atoms with E-state index in [1.165, 1.54) is 4.52 Å². The number of carboxylic acids is 1. The van der Waals surface area contributed by atoms with Crippen LogP contribution in [0, 0.1) is 11.3 Å². The molecule has 0 spiro atoms. The number of halogens is 5. The lowest BCUT2D eigenvalue weighted by Crippen LogP contribution is -2.21. The van der Waals surface area contributed by atoms with Gasteiger partial charge in [-0.2, -0.15) is 22.9 Å². The second kappa shape index (κ2) is 13.2. The number of carbonyl (C=O) groups is 2. The van der Waals surface area contributed by atoms with E-state index in [0.29, 0.717) is 64.3 Å². The van der Waals surface area contributed by atoms with Crippen LogP contribution in [0.15, 0.2) is 36.4 Å². The zero-order valence-corrected chi connectivity index (χ0v) is 22.7. The molecule has 0 unspecified atom stereocenters. The Kier molecular flexibility index (Phi) is 10.0. The number of alkyl halides is 3. The molecule has 1 aromatic carbocycles. The number of Topliss-reactive ketones (excluding diaryl/α,β-unsaturated/α-hetero) is 1. The summed E-state index contributed by atoms with van der Waals surface area (Å²) in [6.07, 6.45) is -3.43. The Bertz CT molecular complexity index is 1640. The van der Waals surface area contributed by atoms with Crippen LogP contribution in [0.1, 0.15) is 41.6 Å². The largest absolute Gasteiger partial charge is 0.490 e. The molecule has 4 N–H and O–H groups in total. The quantitative estimate of drug-likeness (QED) is 0.178. The van der Waals surface area contributed by atoms with E-state index in [-0.39, 0.29) is 17.4 Å². The molecule has 0 saturated heterocycles. The second-order valence-corrected chi connectivity index (χ2v) is 9.10. The maximum atomic E-state index is 12.2. The molecule has 0 aliphatic carbocycles. The summed E-state index contributed by atoms with van der Waals surface area (Å²) in [5.41, 5.74) is 8.66. The number of nitrogens with two attached hydrogens (primary N) is 1. The molecule has 0 aliphatic heterocycles. The summed E-state index contributed by atoms with van der Waals surface area (Å²) in [6.45, 7) is 2.30. The number of hydrogen-bond donors (Lipinski definition) is 3. The number of ketones is 1. The van der Waals surface area contributed by atoms with Gasteiger partial charge in [0.25, 0.3) is 0 Å². The first kappa shape index (κ1) is 31.1. The van der Waals surface area contributed by atoms with Gasteiger partial charge in [0.1, 0.15) is 11.9 Å². The van der Waals surface area contributed by atoms with Crippen molar-refractivity contribution in [3.63, 3.8) is 0 Å². The van der Waals surface area contributed by atoms with E-state index in [4.69, 9.17) is 44.1 Å². The molecule has 4 aromatic rings. The van der Waals surface area contributed by atoms with Crippen LogP contribution in [0.5, 0.6) is 0 Å². The third-order valence-electron chi connectivity index (χ3n) is 5.34. The molecule has 3 aromatic heterocycles. The normalized spacial score (nSPS) is 11.0. The van der Waals surface area contributed by atoms with Crippen LogP contribution in [-0.4, -0.2) is 54.1 Å². The van der Waals surface area contributed by atoms with Crippen LogP contribution in [0.25, 0.3) is 16.9 Å². The SMILES string of the molecule is CCC(=O)c1nc2cc(-c3ccc(Cl)cc3Cl)nc(NCCCc3ccc(C#N)c(N)n3)n2n1.O=C(O)C(F)(F)F. The van der Waals surface area contributed by atoms with Crippen molar-refractivity contribution in [2.24, 2.45) is 0 Å². The van der Waals surface area contributed by atoms with Gasteiger partial charge in [0.05, 0.1) is 16.3 Å². The van der Waals surface area contributed by atoms with Crippen LogP contribution in [0.3, 0.4) is 0 Å². The van der Waals surface area contributed by atoms with Crippen LogP contribution < -0.4 is 11.1 Å². The minimum Gasteiger partial charge on any atom is -0.475 e. The highest BCUT2D eigenvalue weighted by molar-refractivity contribution is 6.36. The zero-order chi connectivity index (χ0) is 30.3. The topological polar surface area (TPSA) is 172 Å². The van der Waals surface area contributed by atoms with Crippen LogP contribution in [0.2, 0.25) is 10.0 Å². The van der Waals surface area contributed by atoms with E-state index < -0.39 is 12.1 Å². The number of aliphatic carboxylic acids is 1. The molecule has 0 radical (unpaired) electrons. The van der Waals surface area contributed by atoms with E-state index >= 15 is 0 Å². The summed E-state index contributed by atoms with van der Waals surface area (Å²) in [5, 5.41) is 24.7. The predicted molar refractivity (Wildman–Crippen MR) is 145 cm³/mol. The van der Waals surface area contributed by atoms with E-state index in [1.54, 1.807) is 43.3 Å². The van der Waals surface area contributed by atoms with Crippen molar-refractivity contribution in [2.45, 2.75) is 32.4 Å². The highest BCUT2D eigenvalue weighted by atomic mass is 35.5. The third kappa shape index (κ3) is 8.03. The Balaban J connectivity index is 0.000000587. The number of rotatable bonds is 8. The van der Waals surface area contributed by atoms with Crippen molar-refractivity contribution in [3.8, 4) is 17.3 Å². The number of carbonyl (C=O) groups excluding carboxylic acids is 1. The lowest BCUT2D eigenvalue weighted by atomic mass is 10.1. The van der Waals surface area contributed by atoms with Gasteiger partial charge < -0.3 is 16.2 Å². The molecule has 3 heterocycles. The van der Waals surface area contributed by atoms with E-state index in [0.717, 1.165) is 5.69 Å². The Hall–Kier alpha value is -4.48. The van der Waals surface area contributed by atoms with Crippen molar-refractivity contribution in [1.82, 2.24) is 24.6 Å². The van der Waals surface area contributed by atoms with Gasteiger partial charge in [-0.3, -0.25) is 4.79 Å². The van der Waals surface area contributed by atoms with Crippen LogP contribution in [-0.2, 0) is 11.2 Å². The Labute approximate surface area is 240 Å². The number of pyridine rings is 1. The third-order valence-corrected chi connectivity index (χ3v) is 5.89. The van der Waals surface area contributed by atoms with Gasteiger partial charge >= 0.3 is 12.1 Å². The number of carboxylic acid groups (broad SMARTS) is 1. The standard InChI is InChI=1S/C23H20Cl2N8O.C2HF3O2/c1-2-19(34)22-31-20-11-18(16-8-6-14(24)10-17(16)25)30-23(33(20)32-22)28-9-3-4-15-7-5-13(12-26)21(27)29-15;3-2(4,5)1(6)7/h5-8,10-11H,2-4,9H2,1H3,(H2,27,29)(H,28,30);(H,6,7). The van der Waals surface area contributed by atoms with E-state index in [1.807, 2.05) is 6.07 Å². The number of nitrogens with one attached hydrogen (secondary N) is 1. The van der Waals surface area contributed by atoms with Gasteiger partial charge in [0.15, 0.2) is 5.65 Å². The number of nitrogens with zero attached hydrogens (tertiary/aromatic N) is 6. The molecule has 0 aliphatic rings. The molecular weight excluding hydrogens is 588 g/mol. The number of benzene rings is 1. The first-order valence-electron chi connectivity index (χ1n) is 11.8. The highest BCUT2D eigenvalue weighted by Gasteiger charge is 2.38. The molecule has 0 bridgehead atoms. The molecular formula is C25H21Cl2F3N8O3. The first-order valence-corrected chi connectivity index (χ1v) is 12.6. The van der Waals surface area contributed by atoms with Crippen molar-refractivity contribution < 1.29 is 27.9 Å². The van der Waals surface area contributed by atoms with Crippen molar-refractivity contribution in [3.05, 3.63) is 63.5 Å². The number of nitrogen functional groups attached to an aromatic ring is 1. The number of aryl methyl sites for hydroxylation is 1. The fourth-order valence-electron chi connectivity index (χ4n) is 3.34. The number of nitriles is 1. The Morgan fingerprint density at radius 2 is 1.85 bits per heavy atom. The summed E-state index contributed by atoms with van der Waals surface area (Å²) in [6, 6.07) is 12.3. The molecule has 16 heteroatoms. The Morgan fingerprint density at radius 1 is 1.15 bits per heavy atom. The average Bonchev–Trinajstić information content (AvgIpc) is 3.35. The molecule has 0 amide bonds. The second-order valence-electron chi connectivity index (χ2n) is 8.25. The molecule has 11 nitrogen and oxygen atoms in total. The summed E-state index contributed by atoms with van der Waals surface area (Å²) >= 11 is 12.4. The lowest BCUT2D eigenvalue weighted by molar-refractivity contribution is -0.192. The fraction of sp³-hybridized carbons (Fsp3) is 0.240. The number of aromatic nitrogens is 5. The summed E-state index contributed by atoms with van der Waals surface area (Å²) in [5.74, 6) is -2.14. The summed E-state index contributed by atoms with van der Waals surface area (Å²) in [4.78, 5) is 34.4. The minimum atomic E-state index is -5.08. The van der Waals surface area contributed by atoms with Gasteiger partial charge in [-0.25, -0.2) is 19.7 Å². The van der Waals surface area contributed by atoms with Gasteiger partial charge in [0.2, 0.25) is 17.6 Å². The number of anilines is 2. The summed E-state index contributed by atoms with van der Waals surface area (Å²) < 4.78 is 33.2.